The number of anilines is 1. The molecule has 1 saturated carbocycles. The summed E-state index contributed by atoms with van der Waals surface area (Å²) in [6.45, 7) is 11.0. The lowest BCUT2D eigenvalue weighted by Gasteiger charge is -2.23. The summed E-state index contributed by atoms with van der Waals surface area (Å²) in [4.78, 5) is 23.7. The van der Waals surface area contributed by atoms with Gasteiger partial charge >= 0.3 is 5.97 Å². The summed E-state index contributed by atoms with van der Waals surface area (Å²) in [6.07, 6.45) is 1.63. The number of carbonyl (C=O) groups is 2. The third kappa shape index (κ3) is 5.76. The molecule has 10 nitrogen and oxygen atoms in total. The minimum absolute atomic E-state index is 0.00823. The van der Waals surface area contributed by atoms with E-state index in [1.807, 2.05) is 34.6 Å². The van der Waals surface area contributed by atoms with Crippen LogP contribution in [0.25, 0.3) is 0 Å². The molecule has 3 rings (SSSR count). The van der Waals surface area contributed by atoms with Gasteiger partial charge < -0.3 is 15.2 Å². The lowest BCUT2D eigenvalue weighted by molar-refractivity contribution is -0.117. The van der Waals surface area contributed by atoms with Gasteiger partial charge in [0.1, 0.15) is 10.6 Å². The number of hydrogen-bond donors (Lipinski definition) is 3. The van der Waals surface area contributed by atoms with Gasteiger partial charge in [-0.3, -0.25) is 4.79 Å². The van der Waals surface area contributed by atoms with Gasteiger partial charge in [-0.2, -0.15) is 5.10 Å². The molecule has 0 spiro atoms. The van der Waals surface area contributed by atoms with E-state index in [0.717, 1.165) is 12.8 Å². The topological polar surface area (TPSA) is 140 Å². The number of amides is 1. The van der Waals surface area contributed by atoms with Crippen molar-refractivity contribution in [3.8, 4) is 11.6 Å². The molecule has 0 atom stereocenters. The number of nitrogens with one attached hydrogen (secondary N) is 2. The first-order chi connectivity index (χ1) is 15.7. The number of benzene rings is 1. The van der Waals surface area contributed by atoms with Gasteiger partial charge in [0, 0.05) is 23.7 Å². The highest BCUT2D eigenvalue weighted by atomic mass is 32.2. The number of sulfonamides is 1. The molecule has 1 fully saturated rings. The van der Waals surface area contributed by atoms with Gasteiger partial charge in [-0.1, -0.05) is 13.8 Å². The van der Waals surface area contributed by atoms with Crippen LogP contribution in [-0.2, 0) is 20.4 Å². The van der Waals surface area contributed by atoms with Crippen molar-refractivity contribution in [2.75, 3.05) is 11.9 Å². The van der Waals surface area contributed by atoms with E-state index in [1.165, 1.54) is 16.8 Å². The predicted molar refractivity (Wildman–Crippen MR) is 127 cm³/mol. The van der Waals surface area contributed by atoms with Crippen molar-refractivity contribution in [3.63, 3.8) is 0 Å². The molecular formula is C23H32N4O6S. The Hall–Kier alpha value is -2.92. The van der Waals surface area contributed by atoms with Gasteiger partial charge in [0.25, 0.3) is 0 Å². The van der Waals surface area contributed by atoms with Crippen LogP contribution >= 0.6 is 0 Å². The molecule has 1 aromatic heterocycles. The summed E-state index contributed by atoms with van der Waals surface area (Å²) >= 11 is 0. The molecule has 11 heteroatoms. The zero-order valence-corrected chi connectivity index (χ0v) is 21.1. The summed E-state index contributed by atoms with van der Waals surface area (Å²) in [5.41, 5.74) is -0.213. The van der Waals surface area contributed by atoms with Gasteiger partial charge in [-0.15, -0.1) is 0 Å². The Kier molecular flexibility index (Phi) is 7.09. The highest BCUT2D eigenvalue weighted by molar-refractivity contribution is 7.89. The summed E-state index contributed by atoms with van der Waals surface area (Å²) in [6, 6.07) is 4.36. The minimum Gasteiger partial charge on any atom is -0.476 e. The summed E-state index contributed by atoms with van der Waals surface area (Å²) in [5, 5.41) is 16.5. The molecule has 1 amide bonds. The van der Waals surface area contributed by atoms with Crippen LogP contribution in [-0.4, -0.2) is 41.7 Å². The maximum atomic E-state index is 13.2. The molecule has 0 unspecified atom stereocenters. The molecule has 1 aromatic carbocycles. The number of aromatic nitrogens is 2. The average molecular weight is 493 g/mol. The average Bonchev–Trinajstić information content (AvgIpc) is 3.51. The molecule has 1 heterocycles. The molecule has 34 heavy (non-hydrogen) atoms. The number of rotatable bonds is 9. The minimum atomic E-state index is -4.01. The zero-order valence-electron chi connectivity index (χ0n) is 20.3. The van der Waals surface area contributed by atoms with Gasteiger partial charge in [-0.05, 0) is 64.7 Å². The fraction of sp³-hybridized carbons (Fsp3) is 0.522. The second-order valence-corrected chi connectivity index (χ2v) is 11.7. The van der Waals surface area contributed by atoms with Gasteiger partial charge in [0.15, 0.2) is 5.69 Å². The van der Waals surface area contributed by atoms with E-state index in [0.29, 0.717) is 5.69 Å². The fourth-order valence-electron chi connectivity index (χ4n) is 3.19. The highest BCUT2D eigenvalue weighted by Crippen LogP contribution is 2.37. The number of ether oxygens (including phenoxy) is 1. The third-order valence-electron chi connectivity index (χ3n) is 5.24. The van der Waals surface area contributed by atoms with E-state index in [2.05, 4.69) is 15.1 Å². The van der Waals surface area contributed by atoms with E-state index < -0.39 is 21.5 Å². The maximum absolute atomic E-state index is 13.2. The number of aromatic carboxylic acids is 1. The van der Waals surface area contributed by atoms with Crippen LogP contribution in [0.5, 0.6) is 11.6 Å². The molecule has 1 aliphatic rings. The van der Waals surface area contributed by atoms with Crippen molar-refractivity contribution in [2.24, 2.45) is 11.8 Å². The molecule has 1 aliphatic carbocycles. The van der Waals surface area contributed by atoms with Crippen molar-refractivity contribution in [1.29, 1.82) is 0 Å². The van der Waals surface area contributed by atoms with Gasteiger partial charge in [-0.25, -0.2) is 22.6 Å². The van der Waals surface area contributed by atoms with Crippen LogP contribution in [0.1, 0.15) is 63.5 Å². The predicted octanol–water partition coefficient (Wildman–Crippen LogP) is 3.72. The summed E-state index contributed by atoms with van der Waals surface area (Å²) < 4.78 is 36.4. The Morgan fingerprint density at radius 2 is 1.91 bits per heavy atom. The first kappa shape index (κ1) is 25.7. The van der Waals surface area contributed by atoms with E-state index >= 15 is 0 Å². The molecule has 2 aromatic rings. The fourth-order valence-corrected chi connectivity index (χ4v) is 4.55. The van der Waals surface area contributed by atoms with E-state index in [9.17, 15) is 23.1 Å². The largest absolute Gasteiger partial charge is 0.476 e. The van der Waals surface area contributed by atoms with Crippen molar-refractivity contribution >= 4 is 27.6 Å². The lowest BCUT2D eigenvalue weighted by atomic mass is 10.1. The molecule has 0 saturated heterocycles. The first-order valence-corrected chi connectivity index (χ1v) is 12.6. The third-order valence-corrected chi connectivity index (χ3v) is 6.69. The van der Waals surface area contributed by atoms with Crippen LogP contribution in [0.2, 0.25) is 0 Å². The van der Waals surface area contributed by atoms with Crippen LogP contribution in [0, 0.1) is 18.8 Å². The summed E-state index contributed by atoms with van der Waals surface area (Å²) in [5.74, 6) is -1.23. The Labute approximate surface area is 199 Å². The van der Waals surface area contributed by atoms with Crippen molar-refractivity contribution in [3.05, 3.63) is 29.5 Å². The molecular weight excluding hydrogens is 460 g/mol. The monoisotopic (exact) mass is 492 g/mol. The Balaban J connectivity index is 2.09. The van der Waals surface area contributed by atoms with Crippen LogP contribution in [0.4, 0.5) is 5.69 Å². The Morgan fingerprint density at radius 1 is 1.26 bits per heavy atom. The smallest absolute Gasteiger partial charge is 0.356 e. The maximum Gasteiger partial charge on any atom is 0.356 e. The molecule has 0 radical (unpaired) electrons. The van der Waals surface area contributed by atoms with E-state index in [-0.39, 0.29) is 52.1 Å². The highest BCUT2D eigenvalue weighted by Gasteiger charge is 2.31. The van der Waals surface area contributed by atoms with Gasteiger partial charge in [0.05, 0.1) is 5.54 Å². The Morgan fingerprint density at radius 3 is 2.44 bits per heavy atom. The number of hydrogen-bond acceptors (Lipinski definition) is 6. The van der Waals surface area contributed by atoms with Crippen LogP contribution in [0.15, 0.2) is 23.1 Å². The second kappa shape index (κ2) is 9.38. The van der Waals surface area contributed by atoms with Crippen molar-refractivity contribution in [2.45, 2.75) is 64.8 Å². The van der Waals surface area contributed by atoms with Crippen molar-refractivity contribution < 1.29 is 27.9 Å². The van der Waals surface area contributed by atoms with Crippen molar-refractivity contribution in [1.82, 2.24) is 14.5 Å². The number of nitrogens with zero attached hydrogens (tertiary/aromatic N) is 2. The summed E-state index contributed by atoms with van der Waals surface area (Å²) in [7, 11) is -4.01. The van der Waals surface area contributed by atoms with Crippen LogP contribution < -0.4 is 14.8 Å². The lowest BCUT2D eigenvalue weighted by Crippen LogP contribution is -2.28. The van der Waals surface area contributed by atoms with E-state index in [1.54, 1.807) is 13.0 Å². The van der Waals surface area contributed by atoms with Gasteiger partial charge in [0.2, 0.25) is 21.8 Å². The number of carbonyl (C=O) groups excluding carboxylic acids is 1. The normalized spacial score (nSPS) is 14.3. The molecule has 0 aliphatic heterocycles. The quantitative estimate of drug-likeness (QED) is 0.485. The number of carboxylic acids is 1. The zero-order chi connectivity index (χ0) is 25.4. The SMILES string of the molecule is Cc1c(C(=O)O)nn(C(C)(C)C)c1Oc1ccc(NC(=O)C2CC2)cc1S(=O)(=O)NCC(C)C. The standard InChI is InChI=1S/C23H32N4O6S/c1-13(2)12-24-34(31,32)18-11-16(25-20(28)15-7-8-15)9-10-17(18)33-21-14(3)19(22(29)30)26-27(21)23(4,5)6/h9-11,13,15,24H,7-8,12H2,1-6H3,(H,25,28)(H,29,30). The van der Waals surface area contributed by atoms with Crippen LogP contribution in [0.3, 0.4) is 0 Å². The second-order valence-electron chi connectivity index (χ2n) is 9.94. The number of carboxylic acid groups (broad SMARTS) is 1. The first-order valence-electron chi connectivity index (χ1n) is 11.2. The Bertz CT molecular complexity index is 1210. The molecule has 186 valence electrons. The van der Waals surface area contributed by atoms with E-state index in [4.69, 9.17) is 4.74 Å². The molecule has 3 N–H and O–H groups in total. The molecule has 0 bridgehead atoms.